The summed E-state index contributed by atoms with van der Waals surface area (Å²) >= 11 is 0. The number of benzene rings is 1. The third-order valence-corrected chi connectivity index (χ3v) is 4.71. The molecule has 6 heteroatoms. The van der Waals surface area contributed by atoms with Crippen molar-refractivity contribution in [2.75, 3.05) is 13.6 Å². The summed E-state index contributed by atoms with van der Waals surface area (Å²) in [7, 11) is 2.11. The first-order valence-corrected chi connectivity index (χ1v) is 9.68. The average molecular weight is 503 g/mol. The van der Waals surface area contributed by atoms with Crippen LogP contribution in [0.2, 0.25) is 0 Å². The molecule has 0 aromatic heterocycles. The summed E-state index contributed by atoms with van der Waals surface area (Å²) in [6, 6.07) is 7.36. The van der Waals surface area contributed by atoms with Gasteiger partial charge >= 0.3 is 11.9 Å². The van der Waals surface area contributed by atoms with Gasteiger partial charge in [0, 0.05) is 18.4 Å². The molecular weight excluding hydrogens is 469 g/mol. The standard InChI is InChI=1S/C22H34NO4.HI/c1-21(2,3)26-19(24)17-12-10-16(11-13-17)15-23(7)14-8-9-18(23)20(25)27-22(4,5)6;/h10-13,18H,8-9,14-15H2,1-7H3;1H/q+1;/p-1/t18-,23-;/m0./s1. The maximum Gasteiger partial charge on any atom is 0.365 e. The molecule has 0 saturated carbocycles. The Labute approximate surface area is 186 Å². The van der Waals surface area contributed by atoms with Crippen molar-refractivity contribution in [2.45, 2.75) is 78.2 Å². The molecule has 0 amide bonds. The number of halogens is 1. The molecule has 0 unspecified atom stereocenters. The Bertz CT molecular complexity index is 688. The number of hydrogen-bond acceptors (Lipinski definition) is 4. The highest BCUT2D eigenvalue weighted by Gasteiger charge is 2.45. The van der Waals surface area contributed by atoms with Crippen LogP contribution in [0.5, 0.6) is 0 Å². The van der Waals surface area contributed by atoms with E-state index >= 15 is 0 Å². The molecule has 5 nitrogen and oxygen atoms in total. The van der Waals surface area contributed by atoms with Gasteiger partial charge < -0.3 is 37.9 Å². The highest BCUT2D eigenvalue weighted by Crippen LogP contribution is 2.30. The third kappa shape index (κ3) is 7.03. The molecule has 0 aliphatic carbocycles. The number of carbonyl (C=O) groups excluding carboxylic acids is 2. The van der Waals surface area contributed by atoms with Crippen molar-refractivity contribution in [1.29, 1.82) is 0 Å². The normalized spacial score (nSPS) is 22.3. The number of hydrogen-bond donors (Lipinski definition) is 0. The maximum absolute atomic E-state index is 12.6. The van der Waals surface area contributed by atoms with E-state index in [4.69, 9.17) is 9.47 Å². The van der Waals surface area contributed by atoms with Gasteiger partial charge in [0.15, 0.2) is 6.04 Å². The Kier molecular flexibility index (Phi) is 8.10. The highest BCUT2D eigenvalue weighted by atomic mass is 127. The molecule has 1 aromatic rings. The number of likely N-dealkylation sites (N-methyl/N-ethyl adjacent to an activating group) is 1. The summed E-state index contributed by atoms with van der Waals surface area (Å²) in [4.78, 5) is 24.8. The van der Waals surface area contributed by atoms with Crippen LogP contribution in [0, 0.1) is 0 Å². The molecule has 1 aliphatic heterocycles. The zero-order valence-electron chi connectivity index (χ0n) is 18.2. The van der Waals surface area contributed by atoms with Crippen molar-refractivity contribution in [3.8, 4) is 0 Å². The fourth-order valence-electron chi connectivity index (χ4n) is 3.55. The van der Waals surface area contributed by atoms with Crippen LogP contribution < -0.4 is 24.0 Å². The van der Waals surface area contributed by atoms with Crippen LogP contribution >= 0.6 is 0 Å². The smallest absolute Gasteiger partial charge is 0.365 e. The summed E-state index contributed by atoms with van der Waals surface area (Å²) in [5.74, 6) is -0.435. The summed E-state index contributed by atoms with van der Waals surface area (Å²) < 4.78 is 11.7. The minimum Gasteiger partial charge on any atom is -1.00 e. The Hall–Kier alpha value is -1.15. The minimum absolute atomic E-state index is 0. The van der Waals surface area contributed by atoms with E-state index in [0.717, 1.165) is 31.5 Å². The number of nitrogens with zero attached hydrogens (tertiary/aromatic N) is 1. The fourth-order valence-corrected chi connectivity index (χ4v) is 3.55. The Morgan fingerprint density at radius 3 is 2.04 bits per heavy atom. The lowest BCUT2D eigenvalue weighted by Crippen LogP contribution is -3.00. The second-order valence-electron chi connectivity index (χ2n) is 9.75. The minimum atomic E-state index is -0.509. The SMILES string of the molecule is CC(C)(C)OC(=O)c1ccc(C[N@+]2(C)CCC[C@H]2C(=O)OC(C)(C)C)cc1.[I-]. The summed E-state index contributed by atoms with van der Waals surface area (Å²) in [6.07, 6.45) is 1.86. The van der Waals surface area contributed by atoms with Crippen molar-refractivity contribution in [3.63, 3.8) is 0 Å². The van der Waals surface area contributed by atoms with Crippen LogP contribution in [-0.2, 0) is 20.8 Å². The largest absolute Gasteiger partial charge is 1.00 e. The lowest BCUT2D eigenvalue weighted by Gasteiger charge is -2.36. The quantitative estimate of drug-likeness (QED) is 0.351. The molecule has 28 heavy (non-hydrogen) atoms. The second kappa shape index (κ2) is 9.11. The third-order valence-electron chi connectivity index (χ3n) is 4.71. The zero-order chi connectivity index (χ0) is 20.5. The molecule has 2 rings (SSSR count). The summed E-state index contributed by atoms with van der Waals surface area (Å²) in [6.45, 7) is 13.0. The van der Waals surface area contributed by atoms with Crippen molar-refractivity contribution < 1.29 is 47.5 Å². The van der Waals surface area contributed by atoms with E-state index in [2.05, 4.69) is 7.05 Å². The van der Waals surface area contributed by atoms with Gasteiger partial charge in [0.1, 0.15) is 17.7 Å². The molecule has 0 spiro atoms. The zero-order valence-corrected chi connectivity index (χ0v) is 20.3. The molecule has 1 aromatic carbocycles. The molecule has 0 N–H and O–H groups in total. The fraction of sp³-hybridized carbons (Fsp3) is 0.636. The van der Waals surface area contributed by atoms with Crippen LogP contribution in [0.3, 0.4) is 0 Å². The Balaban J connectivity index is 0.00000392. The molecule has 0 radical (unpaired) electrons. The lowest BCUT2D eigenvalue weighted by molar-refractivity contribution is -0.926. The first-order chi connectivity index (χ1) is 12.3. The van der Waals surface area contributed by atoms with Gasteiger partial charge in [-0.05, 0) is 53.7 Å². The van der Waals surface area contributed by atoms with E-state index in [-0.39, 0.29) is 42.0 Å². The summed E-state index contributed by atoms with van der Waals surface area (Å²) in [5.41, 5.74) is 0.659. The van der Waals surface area contributed by atoms with Crippen molar-refractivity contribution in [1.82, 2.24) is 0 Å². The van der Waals surface area contributed by atoms with Gasteiger partial charge in [0.25, 0.3) is 0 Å². The van der Waals surface area contributed by atoms with Gasteiger partial charge in [-0.15, -0.1) is 0 Å². The molecular formula is C22H34INO4. The van der Waals surface area contributed by atoms with Crippen LogP contribution in [0.1, 0.15) is 70.3 Å². The molecule has 0 bridgehead atoms. The first kappa shape index (κ1) is 24.9. The molecule has 1 aliphatic rings. The number of carbonyl (C=O) groups is 2. The Morgan fingerprint density at radius 2 is 1.54 bits per heavy atom. The summed E-state index contributed by atoms with van der Waals surface area (Å²) in [5, 5.41) is 0. The van der Waals surface area contributed by atoms with E-state index in [1.807, 2.05) is 53.7 Å². The second-order valence-corrected chi connectivity index (χ2v) is 9.75. The van der Waals surface area contributed by atoms with E-state index in [9.17, 15) is 9.59 Å². The highest BCUT2D eigenvalue weighted by molar-refractivity contribution is 5.89. The molecule has 2 atom stereocenters. The number of likely N-dealkylation sites (tertiary alicyclic amines) is 1. The van der Waals surface area contributed by atoms with Gasteiger partial charge in [-0.3, -0.25) is 0 Å². The number of esters is 2. The monoisotopic (exact) mass is 503 g/mol. The van der Waals surface area contributed by atoms with E-state index < -0.39 is 11.2 Å². The van der Waals surface area contributed by atoms with E-state index in [1.54, 1.807) is 12.1 Å². The Morgan fingerprint density at radius 1 is 1.00 bits per heavy atom. The lowest BCUT2D eigenvalue weighted by atomic mass is 10.1. The van der Waals surface area contributed by atoms with Gasteiger partial charge in [-0.1, -0.05) is 12.1 Å². The predicted octanol–water partition coefficient (Wildman–Crippen LogP) is 1.10. The van der Waals surface area contributed by atoms with Gasteiger partial charge in [-0.25, -0.2) is 9.59 Å². The topological polar surface area (TPSA) is 52.6 Å². The van der Waals surface area contributed by atoms with Crippen LogP contribution in [0.15, 0.2) is 24.3 Å². The van der Waals surface area contributed by atoms with Gasteiger partial charge in [0.2, 0.25) is 0 Å². The van der Waals surface area contributed by atoms with Crippen LogP contribution in [0.25, 0.3) is 0 Å². The van der Waals surface area contributed by atoms with Gasteiger partial charge in [0.05, 0.1) is 19.2 Å². The number of rotatable bonds is 4. The number of quaternary nitrogens is 1. The van der Waals surface area contributed by atoms with Gasteiger partial charge in [-0.2, -0.15) is 0 Å². The maximum atomic E-state index is 12.6. The number of ether oxygens (including phenoxy) is 2. The molecule has 158 valence electrons. The van der Waals surface area contributed by atoms with E-state index in [1.165, 1.54) is 0 Å². The molecule has 1 saturated heterocycles. The molecule has 1 heterocycles. The average Bonchev–Trinajstić information content (AvgIpc) is 2.86. The van der Waals surface area contributed by atoms with Crippen molar-refractivity contribution >= 4 is 11.9 Å². The van der Waals surface area contributed by atoms with Crippen molar-refractivity contribution in [2.24, 2.45) is 0 Å². The van der Waals surface area contributed by atoms with Crippen LogP contribution in [0.4, 0.5) is 0 Å². The van der Waals surface area contributed by atoms with E-state index in [0.29, 0.717) is 10.0 Å². The van der Waals surface area contributed by atoms with Crippen molar-refractivity contribution in [3.05, 3.63) is 35.4 Å². The first-order valence-electron chi connectivity index (χ1n) is 9.68. The molecule has 1 fully saturated rings. The van der Waals surface area contributed by atoms with Crippen LogP contribution in [-0.4, -0.2) is 47.3 Å². The predicted molar refractivity (Wildman–Crippen MR) is 105 cm³/mol.